The number of hydrogen-bond acceptors (Lipinski definition) is 5. The maximum atomic E-state index is 12.8. The van der Waals surface area contributed by atoms with Gasteiger partial charge in [0, 0.05) is 24.4 Å². The first kappa shape index (κ1) is 29.8. The molecule has 1 aliphatic rings. The van der Waals surface area contributed by atoms with Gasteiger partial charge in [-0.05, 0) is 52.6 Å². The molecule has 1 aromatic heterocycles. The summed E-state index contributed by atoms with van der Waals surface area (Å²) < 4.78 is 21.4. The summed E-state index contributed by atoms with van der Waals surface area (Å²) in [5.41, 5.74) is -0.548. The van der Waals surface area contributed by atoms with Gasteiger partial charge in [-0.1, -0.05) is 33.6 Å². The molecule has 1 fully saturated rings. The van der Waals surface area contributed by atoms with E-state index in [0.717, 1.165) is 0 Å². The summed E-state index contributed by atoms with van der Waals surface area (Å²) in [6.07, 6.45) is 6.73. The number of hydrogen-bond donors (Lipinski definition) is 1. The van der Waals surface area contributed by atoms with Gasteiger partial charge in [-0.25, -0.2) is 4.79 Å². The van der Waals surface area contributed by atoms with Gasteiger partial charge >= 0.3 is 14.7 Å². The van der Waals surface area contributed by atoms with E-state index in [1.54, 1.807) is 0 Å². The molecule has 1 aliphatic heterocycles. The van der Waals surface area contributed by atoms with Crippen LogP contribution in [-0.4, -0.2) is 46.2 Å². The molecule has 0 amide bonds. The van der Waals surface area contributed by atoms with Crippen molar-refractivity contribution in [3.63, 3.8) is 0 Å². The van der Waals surface area contributed by atoms with Crippen molar-refractivity contribution >= 4 is 17.4 Å². The lowest BCUT2D eigenvalue weighted by molar-refractivity contribution is -0.0550. The Morgan fingerprint density at radius 1 is 1.17 bits per heavy atom. The minimum Gasteiger partial charge on any atom is -0.379 e. The van der Waals surface area contributed by atoms with E-state index >= 15 is 0 Å². The molecule has 0 aromatic carbocycles. The number of nitrogens with one attached hydrogen (secondary N) is 1. The van der Waals surface area contributed by atoms with Crippen molar-refractivity contribution in [3.05, 3.63) is 33.1 Å². The van der Waals surface area contributed by atoms with Crippen LogP contribution in [0.5, 0.6) is 0 Å². The third-order valence-corrected chi connectivity index (χ3v) is 17.6. The number of aromatic amines is 1. The smallest absolute Gasteiger partial charge is 0.379 e. The first-order valence-corrected chi connectivity index (χ1v) is 16.6. The first-order valence-electron chi connectivity index (χ1n) is 12.9. The fraction of sp³-hybridized carbons (Fsp3) is 0.769. The van der Waals surface area contributed by atoms with E-state index in [1.807, 2.05) is 13.8 Å². The average molecular weight is 522 g/mol. The quantitative estimate of drug-likeness (QED) is 0.325. The van der Waals surface area contributed by atoms with Crippen molar-refractivity contribution < 1.29 is 13.6 Å². The molecule has 4 atom stereocenters. The molecule has 1 saturated heterocycles. The van der Waals surface area contributed by atoms with Gasteiger partial charge in [-0.15, -0.1) is 6.42 Å². The lowest BCUT2D eigenvalue weighted by Crippen LogP contribution is -2.59. The molecule has 2 rings (SSSR count). The zero-order valence-corrected chi connectivity index (χ0v) is 25.2. The van der Waals surface area contributed by atoms with Gasteiger partial charge < -0.3 is 9.47 Å². The van der Waals surface area contributed by atoms with Crippen molar-refractivity contribution in [1.29, 1.82) is 0 Å². The Morgan fingerprint density at radius 2 is 1.74 bits per heavy atom. The van der Waals surface area contributed by atoms with Gasteiger partial charge in [0.05, 0.1) is 29.2 Å². The monoisotopic (exact) mass is 521 g/mol. The molecule has 9 heteroatoms. The molecule has 2 heterocycles. The molecule has 0 unspecified atom stereocenters. The minimum atomic E-state index is -2.67. The fourth-order valence-electron chi connectivity index (χ4n) is 5.97. The molecule has 7 nitrogen and oxygen atoms in total. The van der Waals surface area contributed by atoms with E-state index in [-0.39, 0.29) is 22.7 Å². The highest BCUT2D eigenvalue weighted by Gasteiger charge is 2.69. The van der Waals surface area contributed by atoms with Crippen LogP contribution >= 0.6 is 0 Å². The van der Waals surface area contributed by atoms with Gasteiger partial charge in [-0.2, -0.15) is 0 Å². The summed E-state index contributed by atoms with van der Waals surface area (Å²) in [7, 11) is -3.84. The molecule has 1 N–H and O–H groups in total. The van der Waals surface area contributed by atoms with Crippen LogP contribution < -0.4 is 11.2 Å². The summed E-state index contributed by atoms with van der Waals surface area (Å²) >= 11 is 0. The number of H-pyrrole nitrogens is 1. The number of aromatic nitrogens is 2. The molecular formula is C26H45N2O5Si2+. The van der Waals surface area contributed by atoms with Crippen LogP contribution in [0.3, 0.4) is 0 Å². The Bertz CT molecular complexity index is 980. The van der Waals surface area contributed by atoms with E-state index < -0.39 is 40.2 Å². The normalized spacial score (nSPS) is 25.1. The Kier molecular flexibility index (Phi) is 9.99. The third kappa shape index (κ3) is 5.62. The topological polar surface area (TPSA) is 82.6 Å². The Hall–Kier alpha value is -1.45. The average Bonchev–Trinajstić information content (AvgIpc) is 3.05. The van der Waals surface area contributed by atoms with E-state index in [0.29, 0.717) is 24.3 Å². The maximum Gasteiger partial charge on any atom is 0.465 e. The highest BCUT2D eigenvalue weighted by Crippen LogP contribution is 2.62. The zero-order chi connectivity index (χ0) is 26.7. The second-order valence-corrected chi connectivity index (χ2v) is 19.7. The van der Waals surface area contributed by atoms with Crippen molar-refractivity contribution in [2.75, 3.05) is 13.2 Å². The SMILES string of the molecule is C#C[C@]1(C)[C@H]([Si](O[Si+](C(C)C)C(C)C)(C(C)C)C(C)C)[C@@H](COCC)O[C@H]1n1ccc(=O)[nH]c1=O. The zero-order valence-electron chi connectivity index (χ0n) is 23.2. The number of nitrogens with zero attached hydrogens (tertiary/aromatic N) is 1. The van der Waals surface area contributed by atoms with E-state index in [9.17, 15) is 9.59 Å². The van der Waals surface area contributed by atoms with Crippen molar-refractivity contribution in [3.8, 4) is 12.3 Å². The summed E-state index contributed by atoms with van der Waals surface area (Å²) in [5.74, 6) is 3.07. The number of terminal acetylenes is 1. The molecule has 0 aliphatic carbocycles. The van der Waals surface area contributed by atoms with E-state index in [1.165, 1.54) is 16.8 Å². The summed E-state index contributed by atoms with van der Waals surface area (Å²) in [6.45, 7) is 22.9. The molecular weight excluding hydrogens is 476 g/mol. The van der Waals surface area contributed by atoms with Gasteiger partial charge in [-0.3, -0.25) is 18.5 Å². The van der Waals surface area contributed by atoms with E-state index in [2.05, 4.69) is 66.3 Å². The van der Waals surface area contributed by atoms with E-state index in [4.69, 9.17) is 20.0 Å². The summed E-state index contributed by atoms with van der Waals surface area (Å²) in [5, 5.41) is 0. The highest BCUT2D eigenvalue weighted by molar-refractivity contribution is 6.84. The predicted octanol–water partition coefficient (Wildman–Crippen LogP) is 5.07. The largest absolute Gasteiger partial charge is 0.465 e. The second kappa shape index (κ2) is 11.7. The molecule has 35 heavy (non-hydrogen) atoms. The van der Waals surface area contributed by atoms with Gasteiger partial charge in [0.2, 0.25) is 0 Å². The van der Waals surface area contributed by atoms with Crippen molar-refractivity contribution in [2.24, 2.45) is 5.41 Å². The number of ether oxygens (including phenoxy) is 2. The lowest BCUT2D eigenvalue weighted by Gasteiger charge is -2.47. The van der Waals surface area contributed by atoms with Crippen LogP contribution in [0.15, 0.2) is 21.9 Å². The Balaban J connectivity index is 2.81. The fourth-order valence-corrected chi connectivity index (χ4v) is 17.9. The standard InChI is InChI=1S/C26H44N2O5Si2/c1-12-26(11)23(35(19(7)8,20(9)10)33-34(17(3)4)18(5)6)21(16-31-13-2)32-24(26)28-15-14-22(29)27-25(28)30/h1,14-15,17-21,23-24H,13,16H2,2-11H3/p+1/t21-,23-,24-,26-/m1/s1. The molecule has 0 saturated carbocycles. The van der Waals surface area contributed by atoms with Crippen molar-refractivity contribution in [2.45, 2.75) is 109 Å². The summed E-state index contributed by atoms with van der Waals surface area (Å²) in [4.78, 5) is 27.0. The third-order valence-electron chi connectivity index (χ3n) is 7.46. The lowest BCUT2D eigenvalue weighted by atomic mass is 9.85. The highest BCUT2D eigenvalue weighted by atomic mass is 28.4. The summed E-state index contributed by atoms with van der Waals surface area (Å²) in [6, 6.07) is 1.33. The van der Waals surface area contributed by atoms with Crippen molar-refractivity contribution in [1.82, 2.24) is 9.55 Å². The molecule has 0 radical (unpaired) electrons. The van der Waals surface area contributed by atoms with Crippen LogP contribution in [0.4, 0.5) is 0 Å². The number of rotatable bonds is 11. The minimum absolute atomic E-state index is 0.118. The van der Waals surface area contributed by atoms with Crippen LogP contribution in [0, 0.1) is 17.8 Å². The molecule has 1 aromatic rings. The van der Waals surface area contributed by atoms with Gasteiger partial charge in [0.25, 0.3) is 13.9 Å². The Labute approximate surface area is 213 Å². The first-order chi connectivity index (χ1) is 16.3. The van der Waals surface area contributed by atoms with Crippen LogP contribution in [0.1, 0.15) is 75.5 Å². The molecule has 0 spiro atoms. The molecule has 196 valence electrons. The van der Waals surface area contributed by atoms with Crippen LogP contribution in [0.25, 0.3) is 0 Å². The molecule has 0 bridgehead atoms. The Morgan fingerprint density at radius 3 is 2.17 bits per heavy atom. The van der Waals surface area contributed by atoms with Gasteiger partial charge in [0.15, 0.2) is 6.23 Å². The maximum absolute atomic E-state index is 12.8. The second-order valence-electron chi connectivity index (χ2n) is 11.1. The predicted molar refractivity (Wildman–Crippen MR) is 145 cm³/mol. The van der Waals surface area contributed by atoms with Crippen LogP contribution in [-0.2, 0) is 13.6 Å². The van der Waals surface area contributed by atoms with Crippen LogP contribution in [0.2, 0.25) is 27.7 Å². The van der Waals surface area contributed by atoms with Gasteiger partial charge in [0.1, 0.15) is 0 Å².